The average molecular weight is 409 g/mol. The largest absolute Gasteiger partial charge is 0.495 e. The highest BCUT2D eigenvalue weighted by atomic mass is 32.1. The zero-order chi connectivity index (χ0) is 20.4. The van der Waals surface area contributed by atoms with Crippen molar-refractivity contribution in [2.24, 2.45) is 0 Å². The number of aryl methyl sites for hydroxylation is 1. The molecule has 0 radical (unpaired) electrons. The summed E-state index contributed by atoms with van der Waals surface area (Å²) in [5.74, 6) is 0.860. The molecule has 148 valence electrons. The van der Waals surface area contributed by atoms with Crippen LogP contribution in [0.1, 0.15) is 28.2 Å². The molecule has 4 rings (SSSR count). The van der Waals surface area contributed by atoms with Crippen LogP contribution in [0.15, 0.2) is 36.7 Å². The Kier molecular flexibility index (Phi) is 5.22. The van der Waals surface area contributed by atoms with Crippen molar-refractivity contribution in [1.29, 1.82) is 0 Å². The Bertz CT molecular complexity index is 1070. The SMILES string of the molecule is COc1ccc(NC(=O)c2sc(-c3ncccn3)nc2C)cc1N1CCCC1=O. The van der Waals surface area contributed by atoms with Gasteiger partial charge in [-0.1, -0.05) is 0 Å². The van der Waals surface area contributed by atoms with Crippen LogP contribution in [0.4, 0.5) is 11.4 Å². The van der Waals surface area contributed by atoms with Gasteiger partial charge in [0.2, 0.25) is 5.91 Å². The molecule has 1 aliphatic heterocycles. The fourth-order valence-electron chi connectivity index (χ4n) is 3.18. The third-order valence-corrected chi connectivity index (χ3v) is 5.71. The number of anilines is 2. The monoisotopic (exact) mass is 409 g/mol. The first kappa shape index (κ1) is 19.0. The van der Waals surface area contributed by atoms with Gasteiger partial charge in [-0.3, -0.25) is 9.59 Å². The van der Waals surface area contributed by atoms with Crippen LogP contribution in [-0.4, -0.2) is 40.4 Å². The van der Waals surface area contributed by atoms with Gasteiger partial charge in [0.25, 0.3) is 5.91 Å². The molecule has 3 heterocycles. The van der Waals surface area contributed by atoms with Crippen molar-refractivity contribution in [3.8, 4) is 16.6 Å². The van der Waals surface area contributed by atoms with Gasteiger partial charge < -0.3 is 15.0 Å². The lowest BCUT2D eigenvalue weighted by atomic mass is 10.2. The number of nitrogens with one attached hydrogen (secondary N) is 1. The molecule has 1 fully saturated rings. The highest BCUT2D eigenvalue weighted by Crippen LogP contribution is 2.34. The first-order chi connectivity index (χ1) is 14.1. The molecular formula is C20H19N5O3S. The zero-order valence-electron chi connectivity index (χ0n) is 16.0. The molecule has 0 saturated carbocycles. The Hall–Kier alpha value is -3.33. The van der Waals surface area contributed by atoms with Crippen LogP contribution < -0.4 is 15.0 Å². The van der Waals surface area contributed by atoms with Crippen molar-refractivity contribution in [3.63, 3.8) is 0 Å². The maximum absolute atomic E-state index is 12.8. The van der Waals surface area contributed by atoms with Crippen molar-refractivity contribution in [1.82, 2.24) is 15.0 Å². The summed E-state index contributed by atoms with van der Waals surface area (Å²) in [7, 11) is 1.56. The average Bonchev–Trinajstić information content (AvgIpc) is 3.34. The van der Waals surface area contributed by atoms with Crippen molar-refractivity contribution in [2.45, 2.75) is 19.8 Å². The second kappa shape index (κ2) is 7.96. The number of benzene rings is 1. The topological polar surface area (TPSA) is 97.3 Å². The molecule has 2 aromatic heterocycles. The summed E-state index contributed by atoms with van der Waals surface area (Å²) in [4.78, 5) is 39.9. The highest BCUT2D eigenvalue weighted by molar-refractivity contribution is 7.17. The van der Waals surface area contributed by atoms with Gasteiger partial charge in [0.05, 0.1) is 18.5 Å². The lowest BCUT2D eigenvalue weighted by Crippen LogP contribution is -2.24. The predicted molar refractivity (Wildman–Crippen MR) is 110 cm³/mol. The van der Waals surface area contributed by atoms with Crippen LogP contribution in [0, 0.1) is 6.92 Å². The van der Waals surface area contributed by atoms with E-state index in [1.54, 1.807) is 55.6 Å². The summed E-state index contributed by atoms with van der Waals surface area (Å²) in [6.45, 7) is 2.42. The molecule has 0 spiro atoms. The Labute approximate surface area is 171 Å². The zero-order valence-corrected chi connectivity index (χ0v) is 16.8. The van der Waals surface area contributed by atoms with Crippen LogP contribution in [0.2, 0.25) is 0 Å². The van der Waals surface area contributed by atoms with Gasteiger partial charge >= 0.3 is 0 Å². The molecule has 1 aliphatic rings. The molecule has 29 heavy (non-hydrogen) atoms. The van der Waals surface area contributed by atoms with E-state index in [-0.39, 0.29) is 11.8 Å². The molecule has 0 unspecified atom stereocenters. The van der Waals surface area contributed by atoms with E-state index in [1.807, 2.05) is 0 Å². The van der Waals surface area contributed by atoms with Gasteiger partial charge in [-0.2, -0.15) is 0 Å². The van der Waals surface area contributed by atoms with Crippen LogP contribution in [0.5, 0.6) is 5.75 Å². The Morgan fingerprint density at radius 3 is 2.76 bits per heavy atom. The van der Waals surface area contributed by atoms with Crippen LogP contribution in [0.3, 0.4) is 0 Å². The molecule has 0 aliphatic carbocycles. The second-order valence-corrected chi connectivity index (χ2v) is 7.49. The van der Waals surface area contributed by atoms with Gasteiger partial charge in [0.1, 0.15) is 10.6 Å². The van der Waals surface area contributed by atoms with Crippen LogP contribution in [-0.2, 0) is 4.79 Å². The number of methoxy groups -OCH3 is 1. The Morgan fingerprint density at radius 1 is 1.28 bits per heavy atom. The molecule has 1 aromatic carbocycles. The third kappa shape index (κ3) is 3.81. The summed E-state index contributed by atoms with van der Waals surface area (Å²) in [5.41, 5.74) is 1.85. The van der Waals surface area contributed by atoms with Gasteiger partial charge in [-0.05, 0) is 37.6 Å². The minimum atomic E-state index is -0.272. The summed E-state index contributed by atoms with van der Waals surface area (Å²) in [5, 5.41) is 3.48. The fraction of sp³-hybridized carbons (Fsp3) is 0.250. The number of thiazole rings is 1. The molecule has 1 saturated heterocycles. The predicted octanol–water partition coefficient (Wildman–Crippen LogP) is 3.30. The molecule has 2 amide bonds. The first-order valence-corrected chi connectivity index (χ1v) is 9.93. The van der Waals surface area contributed by atoms with Gasteiger partial charge in [0, 0.05) is 31.0 Å². The summed E-state index contributed by atoms with van der Waals surface area (Å²) in [6.07, 6.45) is 4.60. The van der Waals surface area contributed by atoms with Crippen molar-refractivity contribution < 1.29 is 14.3 Å². The Morgan fingerprint density at radius 2 is 2.07 bits per heavy atom. The van der Waals surface area contributed by atoms with E-state index < -0.39 is 0 Å². The Balaban J connectivity index is 1.59. The maximum Gasteiger partial charge on any atom is 0.267 e. The normalized spacial score (nSPS) is 13.6. The van der Waals surface area contributed by atoms with E-state index in [2.05, 4.69) is 20.3 Å². The lowest BCUT2D eigenvalue weighted by Gasteiger charge is -2.20. The number of ether oxygens (including phenoxy) is 1. The smallest absolute Gasteiger partial charge is 0.267 e. The van der Waals surface area contributed by atoms with E-state index in [0.29, 0.717) is 51.5 Å². The summed E-state index contributed by atoms with van der Waals surface area (Å²) in [6, 6.07) is 6.99. The van der Waals surface area contributed by atoms with E-state index in [4.69, 9.17) is 4.74 Å². The second-order valence-electron chi connectivity index (χ2n) is 6.50. The first-order valence-electron chi connectivity index (χ1n) is 9.11. The number of hydrogen-bond acceptors (Lipinski definition) is 7. The number of hydrogen-bond donors (Lipinski definition) is 1. The number of carbonyl (C=O) groups excluding carboxylic acids is 2. The van der Waals surface area contributed by atoms with E-state index in [0.717, 1.165) is 6.42 Å². The highest BCUT2D eigenvalue weighted by Gasteiger charge is 2.25. The summed E-state index contributed by atoms with van der Waals surface area (Å²) >= 11 is 1.24. The van der Waals surface area contributed by atoms with Gasteiger partial charge in [-0.25, -0.2) is 15.0 Å². The van der Waals surface area contributed by atoms with Crippen molar-refractivity contribution >= 4 is 34.5 Å². The molecule has 1 N–H and O–H groups in total. The van der Waals surface area contributed by atoms with E-state index in [1.165, 1.54) is 11.3 Å². The maximum atomic E-state index is 12.8. The molecule has 9 heteroatoms. The third-order valence-electron chi connectivity index (χ3n) is 4.56. The number of nitrogens with zero attached hydrogens (tertiary/aromatic N) is 4. The molecular weight excluding hydrogens is 390 g/mol. The lowest BCUT2D eigenvalue weighted by molar-refractivity contribution is -0.117. The quantitative estimate of drug-likeness (QED) is 0.694. The minimum absolute atomic E-state index is 0.0533. The fourth-order valence-corrected chi connectivity index (χ4v) is 4.09. The molecule has 8 nitrogen and oxygen atoms in total. The molecule has 0 atom stereocenters. The van der Waals surface area contributed by atoms with Gasteiger partial charge in [0.15, 0.2) is 10.8 Å². The number of rotatable bonds is 5. The van der Waals surface area contributed by atoms with Crippen molar-refractivity contribution in [2.75, 3.05) is 23.9 Å². The standard InChI is InChI=1S/C20H19N5O3S/c1-12-17(29-20(23-12)18-21-8-4-9-22-18)19(27)24-13-6-7-15(28-2)14(11-13)25-10-3-5-16(25)26/h4,6-9,11H,3,5,10H2,1-2H3,(H,24,27). The molecule has 0 bridgehead atoms. The van der Waals surface area contributed by atoms with Crippen LogP contribution in [0.25, 0.3) is 10.8 Å². The number of aromatic nitrogens is 3. The van der Waals surface area contributed by atoms with E-state index >= 15 is 0 Å². The summed E-state index contributed by atoms with van der Waals surface area (Å²) < 4.78 is 5.39. The van der Waals surface area contributed by atoms with E-state index in [9.17, 15) is 9.59 Å². The minimum Gasteiger partial charge on any atom is -0.495 e. The number of carbonyl (C=O) groups is 2. The number of amides is 2. The van der Waals surface area contributed by atoms with Crippen molar-refractivity contribution in [3.05, 3.63) is 47.2 Å². The molecule has 3 aromatic rings. The van der Waals surface area contributed by atoms with Gasteiger partial charge in [-0.15, -0.1) is 11.3 Å². The van der Waals surface area contributed by atoms with Crippen LogP contribution >= 0.6 is 11.3 Å².